The molecule has 0 aliphatic carbocycles. The van der Waals surface area contributed by atoms with Crippen molar-refractivity contribution in [3.05, 3.63) is 72.3 Å². The number of benzene rings is 2. The zero-order valence-electron chi connectivity index (χ0n) is 12.0. The highest BCUT2D eigenvalue weighted by atomic mass is 16.6. The number of hydrogen-bond donors (Lipinski definition) is 0. The Labute approximate surface area is 124 Å². The van der Waals surface area contributed by atoms with Crippen molar-refractivity contribution in [2.75, 3.05) is 7.11 Å². The second-order valence-corrected chi connectivity index (χ2v) is 4.61. The molecule has 0 fully saturated rings. The third kappa shape index (κ3) is 4.21. The molecule has 0 radical (unpaired) electrons. The van der Waals surface area contributed by atoms with Crippen LogP contribution in [0, 0.1) is 0 Å². The smallest absolute Gasteiger partial charge is 0.315 e. The maximum absolute atomic E-state index is 12.0. The topological polar surface area (TPSA) is 35.5 Å². The van der Waals surface area contributed by atoms with Crippen LogP contribution in [0.25, 0.3) is 0 Å². The SMILES string of the molecule is C=CCc1ccc(OC(=O)Cc2ccccc2)c(OC)c1. The maximum Gasteiger partial charge on any atom is 0.315 e. The van der Waals surface area contributed by atoms with Gasteiger partial charge < -0.3 is 9.47 Å². The van der Waals surface area contributed by atoms with Gasteiger partial charge in [-0.15, -0.1) is 6.58 Å². The fourth-order valence-electron chi connectivity index (χ4n) is 2.01. The maximum atomic E-state index is 12.0. The number of rotatable bonds is 6. The summed E-state index contributed by atoms with van der Waals surface area (Å²) in [5, 5.41) is 0. The molecule has 0 unspecified atom stereocenters. The molecule has 0 aliphatic rings. The largest absolute Gasteiger partial charge is 0.493 e. The van der Waals surface area contributed by atoms with Crippen molar-refractivity contribution in [3.63, 3.8) is 0 Å². The van der Waals surface area contributed by atoms with Crippen molar-refractivity contribution in [1.29, 1.82) is 0 Å². The fraction of sp³-hybridized carbons (Fsp3) is 0.167. The summed E-state index contributed by atoms with van der Waals surface area (Å²) in [7, 11) is 1.56. The number of ether oxygens (including phenoxy) is 2. The van der Waals surface area contributed by atoms with Gasteiger partial charge in [0, 0.05) is 0 Å². The molecule has 21 heavy (non-hydrogen) atoms. The lowest BCUT2D eigenvalue weighted by Gasteiger charge is -2.10. The van der Waals surface area contributed by atoms with Crippen LogP contribution in [-0.2, 0) is 17.6 Å². The molecule has 108 valence electrons. The number of carbonyl (C=O) groups excluding carboxylic acids is 1. The Kier molecular flexibility index (Phi) is 5.16. The summed E-state index contributed by atoms with van der Waals surface area (Å²) in [6, 6.07) is 15.0. The lowest BCUT2D eigenvalue weighted by Crippen LogP contribution is -2.11. The molecule has 0 atom stereocenters. The second-order valence-electron chi connectivity index (χ2n) is 4.61. The summed E-state index contributed by atoms with van der Waals surface area (Å²) >= 11 is 0. The number of esters is 1. The molecule has 0 amide bonds. The predicted octanol–water partition coefficient (Wildman–Crippen LogP) is 3.57. The van der Waals surface area contributed by atoms with Crippen LogP contribution in [0.3, 0.4) is 0 Å². The van der Waals surface area contributed by atoms with Crippen LogP contribution in [0.1, 0.15) is 11.1 Å². The first-order valence-electron chi connectivity index (χ1n) is 6.75. The van der Waals surface area contributed by atoms with Crippen LogP contribution < -0.4 is 9.47 Å². The van der Waals surface area contributed by atoms with E-state index < -0.39 is 0 Å². The molecule has 3 nitrogen and oxygen atoms in total. The van der Waals surface area contributed by atoms with Gasteiger partial charge in [0.1, 0.15) is 0 Å². The van der Waals surface area contributed by atoms with E-state index in [1.54, 1.807) is 13.2 Å². The van der Waals surface area contributed by atoms with Gasteiger partial charge in [0.05, 0.1) is 13.5 Å². The highest BCUT2D eigenvalue weighted by Crippen LogP contribution is 2.28. The van der Waals surface area contributed by atoms with Gasteiger partial charge in [0.25, 0.3) is 0 Å². The predicted molar refractivity (Wildman–Crippen MR) is 82.7 cm³/mol. The summed E-state index contributed by atoms with van der Waals surface area (Å²) in [5.74, 6) is 0.679. The Morgan fingerprint density at radius 2 is 1.86 bits per heavy atom. The van der Waals surface area contributed by atoms with Crippen molar-refractivity contribution in [1.82, 2.24) is 0 Å². The molecule has 0 saturated carbocycles. The summed E-state index contributed by atoms with van der Waals surface area (Å²) in [6.45, 7) is 3.70. The molecule has 0 aromatic heterocycles. The van der Waals surface area contributed by atoms with Crippen LogP contribution in [-0.4, -0.2) is 13.1 Å². The molecule has 0 aliphatic heterocycles. The van der Waals surface area contributed by atoms with Crippen LogP contribution in [0.5, 0.6) is 11.5 Å². The minimum atomic E-state index is -0.309. The van der Waals surface area contributed by atoms with Gasteiger partial charge in [-0.05, 0) is 29.7 Å². The Morgan fingerprint density at radius 3 is 2.52 bits per heavy atom. The lowest BCUT2D eigenvalue weighted by molar-refractivity contribution is -0.133. The summed E-state index contributed by atoms with van der Waals surface area (Å²) in [5.41, 5.74) is 1.98. The molecule has 3 heteroatoms. The molecule has 0 bridgehead atoms. The number of methoxy groups -OCH3 is 1. The van der Waals surface area contributed by atoms with Gasteiger partial charge in [-0.25, -0.2) is 0 Å². The van der Waals surface area contributed by atoms with E-state index in [0.717, 1.165) is 17.5 Å². The van der Waals surface area contributed by atoms with Crippen LogP contribution in [0.15, 0.2) is 61.2 Å². The third-order valence-corrected chi connectivity index (χ3v) is 3.02. The van der Waals surface area contributed by atoms with Crippen LogP contribution >= 0.6 is 0 Å². The van der Waals surface area contributed by atoms with E-state index in [2.05, 4.69) is 6.58 Å². The average molecular weight is 282 g/mol. The van der Waals surface area contributed by atoms with E-state index in [0.29, 0.717) is 11.5 Å². The van der Waals surface area contributed by atoms with Gasteiger partial charge >= 0.3 is 5.97 Å². The molecular formula is C18H18O3. The van der Waals surface area contributed by atoms with E-state index in [9.17, 15) is 4.79 Å². The monoisotopic (exact) mass is 282 g/mol. The number of hydrogen-bond acceptors (Lipinski definition) is 3. The van der Waals surface area contributed by atoms with Gasteiger partial charge in [-0.2, -0.15) is 0 Å². The van der Waals surface area contributed by atoms with E-state index in [-0.39, 0.29) is 12.4 Å². The van der Waals surface area contributed by atoms with Gasteiger partial charge in [0.15, 0.2) is 11.5 Å². The molecule has 0 saturated heterocycles. The number of allylic oxidation sites excluding steroid dienone is 1. The summed E-state index contributed by atoms with van der Waals surface area (Å²) in [6.07, 6.45) is 2.79. The van der Waals surface area contributed by atoms with Gasteiger partial charge in [-0.3, -0.25) is 4.79 Å². The van der Waals surface area contributed by atoms with Crippen molar-refractivity contribution in [2.24, 2.45) is 0 Å². The minimum absolute atomic E-state index is 0.235. The number of carbonyl (C=O) groups is 1. The zero-order valence-corrected chi connectivity index (χ0v) is 12.0. The molecule has 2 rings (SSSR count). The standard InChI is InChI=1S/C18H18O3/c1-3-7-14-10-11-16(17(12-14)20-2)21-18(19)13-15-8-5-4-6-9-15/h3-6,8-12H,1,7,13H2,2H3. The summed E-state index contributed by atoms with van der Waals surface area (Å²) in [4.78, 5) is 12.0. The summed E-state index contributed by atoms with van der Waals surface area (Å²) < 4.78 is 10.7. The van der Waals surface area contributed by atoms with Crippen molar-refractivity contribution >= 4 is 5.97 Å². The third-order valence-electron chi connectivity index (χ3n) is 3.02. The van der Waals surface area contributed by atoms with Crippen molar-refractivity contribution in [3.8, 4) is 11.5 Å². The molecule has 0 spiro atoms. The Bertz CT molecular complexity index is 618. The highest BCUT2D eigenvalue weighted by molar-refractivity contribution is 5.76. The molecule has 2 aromatic carbocycles. The average Bonchev–Trinajstić information content (AvgIpc) is 2.50. The normalized spacial score (nSPS) is 9.95. The van der Waals surface area contributed by atoms with Crippen molar-refractivity contribution < 1.29 is 14.3 Å². The Balaban J connectivity index is 2.08. The second kappa shape index (κ2) is 7.29. The van der Waals surface area contributed by atoms with Gasteiger partial charge in [0.2, 0.25) is 0 Å². The Hall–Kier alpha value is -2.55. The quantitative estimate of drug-likeness (QED) is 0.461. The fourth-order valence-corrected chi connectivity index (χ4v) is 2.01. The van der Waals surface area contributed by atoms with Crippen LogP contribution in [0.2, 0.25) is 0 Å². The first kappa shape index (κ1) is 14.9. The first-order chi connectivity index (χ1) is 10.2. The van der Waals surface area contributed by atoms with E-state index in [1.807, 2.05) is 48.5 Å². The van der Waals surface area contributed by atoms with E-state index >= 15 is 0 Å². The lowest BCUT2D eigenvalue weighted by atomic mass is 10.1. The first-order valence-corrected chi connectivity index (χ1v) is 6.75. The highest BCUT2D eigenvalue weighted by Gasteiger charge is 2.11. The van der Waals surface area contributed by atoms with Crippen molar-refractivity contribution in [2.45, 2.75) is 12.8 Å². The minimum Gasteiger partial charge on any atom is -0.493 e. The molecule has 0 N–H and O–H groups in total. The zero-order chi connectivity index (χ0) is 15.1. The van der Waals surface area contributed by atoms with E-state index in [1.165, 1.54) is 0 Å². The van der Waals surface area contributed by atoms with Crippen LogP contribution in [0.4, 0.5) is 0 Å². The molecule has 2 aromatic rings. The van der Waals surface area contributed by atoms with E-state index in [4.69, 9.17) is 9.47 Å². The molecular weight excluding hydrogens is 264 g/mol. The Morgan fingerprint density at radius 1 is 1.10 bits per heavy atom. The van der Waals surface area contributed by atoms with Gasteiger partial charge in [-0.1, -0.05) is 42.5 Å². The molecule has 0 heterocycles.